The van der Waals surface area contributed by atoms with Crippen molar-refractivity contribution in [2.75, 3.05) is 18.5 Å². The average molecular weight is 283 g/mol. The fourth-order valence-electron chi connectivity index (χ4n) is 1.81. The number of hydrogen-bond acceptors (Lipinski definition) is 9. The molecule has 1 aromatic heterocycles. The summed E-state index contributed by atoms with van der Waals surface area (Å²) in [6.45, 7) is 3.29. The maximum Gasteiger partial charge on any atom is 0.344 e. The van der Waals surface area contributed by atoms with Crippen LogP contribution in [0.1, 0.15) is 25.1 Å². The topological polar surface area (TPSA) is 125 Å². The van der Waals surface area contributed by atoms with Gasteiger partial charge in [-0.2, -0.15) is 0 Å². The van der Waals surface area contributed by atoms with E-state index in [2.05, 4.69) is 20.8 Å². The van der Waals surface area contributed by atoms with E-state index in [0.717, 1.165) is 4.68 Å². The van der Waals surface area contributed by atoms with Crippen molar-refractivity contribution in [1.29, 1.82) is 0 Å². The zero-order valence-electron chi connectivity index (χ0n) is 11.0. The van der Waals surface area contributed by atoms with Crippen LogP contribution in [0.5, 0.6) is 0 Å². The van der Waals surface area contributed by atoms with Gasteiger partial charge in [-0.15, -0.1) is 4.68 Å². The molecule has 10 nitrogen and oxygen atoms in total. The van der Waals surface area contributed by atoms with E-state index < -0.39 is 29.8 Å². The molecule has 10 heteroatoms. The molecule has 0 radical (unpaired) electrons. The minimum Gasteiger partial charge on any atom is -0.464 e. The lowest BCUT2D eigenvalue weighted by Gasteiger charge is -2.31. The molecule has 1 N–H and O–H groups in total. The molecule has 20 heavy (non-hydrogen) atoms. The number of carbonyl (C=O) groups is 3. The molecule has 0 saturated heterocycles. The first-order valence-electron chi connectivity index (χ1n) is 5.99. The predicted octanol–water partition coefficient (Wildman–Crippen LogP) is -1.01. The highest BCUT2D eigenvalue weighted by Crippen LogP contribution is 2.26. The number of esters is 2. The number of nitrogens with zero attached hydrogens (tertiary/aromatic N) is 4. The van der Waals surface area contributed by atoms with Gasteiger partial charge in [0.25, 0.3) is 11.9 Å². The fourth-order valence-corrected chi connectivity index (χ4v) is 1.81. The van der Waals surface area contributed by atoms with E-state index in [0.29, 0.717) is 0 Å². The normalized spacial score (nSPS) is 16.0. The zero-order chi connectivity index (χ0) is 14.8. The Bertz CT molecular complexity index is 536. The third-order valence-corrected chi connectivity index (χ3v) is 2.70. The predicted molar refractivity (Wildman–Crippen MR) is 62.7 cm³/mol. The number of rotatable bonds is 4. The number of tetrazole rings is 1. The molecule has 1 aliphatic rings. The standard InChI is InChI=1S/C10H13N5O5/c1-3-19-7(17)10(8(18)20-4-2)5-6(16)15-9(11-10)12-13-14-15/h3-5H2,1-2H3,(H,11,12,14). The van der Waals surface area contributed by atoms with Crippen molar-refractivity contribution in [2.24, 2.45) is 0 Å². The van der Waals surface area contributed by atoms with E-state index in [1.54, 1.807) is 13.8 Å². The summed E-state index contributed by atoms with van der Waals surface area (Å²) in [4.78, 5) is 36.1. The molecule has 0 unspecified atom stereocenters. The molecule has 0 fully saturated rings. The van der Waals surface area contributed by atoms with Crippen LogP contribution in [0, 0.1) is 0 Å². The Labute approximate surface area is 113 Å². The van der Waals surface area contributed by atoms with E-state index in [-0.39, 0.29) is 19.2 Å². The number of anilines is 1. The van der Waals surface area contributed by atoms with Crippen LogP contribution in [-0.4, -0.2) is 56.8 Å². The summed E-state index contributed by atoms with van der Waals surface area (Å²) in [6, 6.07) is 0. The van der Waals surface area contributed by atoms with Gasteiger partial charge in [0.15, 0.2) is 0 Å². The molecular weight excluding hydrogens is 270 g/mol. The second kappa shape index (κ2) is 5.23. The average Bonchev–Trinajstić information content (AvgIpc) is 2.87. The molecule has 0 bridgehead atoms. The Morgan fingerprint density at radius 2 is 1.90 bits per heavy atom. The maximum atomic E-state index is 12.1. The molecule has 0 aliphatic carbocycles. The highest BCUT2D eigenvalue weighted by Gasteiger charge is 2.55. The fraction of sp³-hybridized carbons (Fsp3) is 0.600. The molecule has 0 saturated carbocycles. The second-order valence-electron chi connectivity index (χ2n) is 3.96. The molecule has 0 amide bonds. The van der Waals surface area contributed by atoms with Crippen molar-refractivity contribution in [3.63, 3.8) is 0 Å². The first-order chi connectivity index (χ1) is 9.55. The van der Waals surface area contributed by atoms with Crippen LogP contribution in [0.3, 0.4) is 0 Å². The Morgan fingerprint density at radius 1 is 1.30 bits per heavy atom. The SMILES string of the molecule is CCOC(=O)C1(C(=O)OCC)CC(=O)n2nnnc2N1. The highest BCUT2D eigenvalue weighted by molar-refractivity contribution is 6.12. The summed E-state index contributed by atoms with van der Waals surface area (Å²) in [6.07, 6.45) is -0.483. The van der Waals surface area contributed by atoms with Crippen molar-refractivity contribution in [3.8, 4) is 0 Å². The molecule has 0 spiro atoms. The van der Waals surface area contributed by atoms with Gasteiger partial charge in [-0.25, -0.2) is 9.59 Å². The van der Waals surface area contributed by atoms with Gasteiger partial charge in [0.05, 0.1) is 19.6 Å². The largest absolute Gasteiger partial charge is 0.464 e. The van der Waals surface area contributed by atoms with Crippen LogP contribution in [0.15, 0.2) is 0 Å². The van der Waals surface area contributed by atoms with E-state index in [9.17, 15) is 14.4 Å². The molecular formula is C10H13N5O5. The van der Waals surface area contributed by atoms with Crippen LogP contribution < -0.4 is 5.32 Å². The lowest BCUT2D eigenvalue weighted by molar-refractivity contribution is -0.162. The molecule has 1 aromatic rings. The van der Waals surface area contributed by atoms with Crippen molar-refractivity contribution in [3.05, 3.63) is 0 Å². The lowest BCUT2D eigenvalue weighted by Crippen LogP contribution is -2.59. The first kappa shape index (κ1) is 13.9. The van der Waals surface area contributed by atoms with Crippen molar-refractivity contribution in [1.82, 2.24) is 20.2 Å². The maximum absolute atomic E-state index is 12.1. The van der Waals surface area contributed by atoms with Gasteiger partial charge in [0, 0.05) is 0 Å². The Hall–Kier alpha value is -2.52. The van der Waals surface area contributed by atoms with Gasteiger partial charge >= 0.3 is 11.9 Å². The summed E-state index contributed by atoms with van der Waals surface area (Å²) < 4.78 is 10.6. The van der Waals surface area contributed by atoms with Crippen LogP contribution in [0.4, 0.5) is 5.95 Å². The van der Waals surface area contributed by atoms with Crippen LogP contribution in [0.25, 0.3) is 0 Å². The Morgan fingerprint density at radius 3 is 2.45 bits per heavy atom. The third kappa shape index (κ3) is 2.08. The Kier molecular flexibility index (Phi) is 3.63. The number of fused-ring (bicyclic) bond motifs is 1. The van der Waals surface area contributed by atoms with Gasteiger partial charge in [-0.3, -0.25) is 4.79 Å². The smallest absolute Gasteiger partial charge is 0.344 e. The minimum atomic E-state index is -1.95. The summed E-state index contributed by atoms with van der Waals surface area (Å²) in [5.74, 6) is -2.52. The van der Waals surface area contributed by atoms with Gasteiger partial charge in [0.1, 0.15) is 0 Å². The summed E-state index contributed by atoms with van der Waals surface area (Å²) in [7, 11) is 0. The summed E-state index contributed by atoms with van der Waals surface area (Å²) >= 11 is 0. The number of carbonyl (C=O) groups excluding carboxylic acids is 3. The van der Waals surface area contributed by atoms with Crippen LogP contribution in [-0.2, 0) is 19.1 Å². The molecule has 2 rings (SSSR count). The number of nitrogens with one attached hydrogen (secondary N) is 1. The van der Waals surface area contributed by atoms with Crippen molar-refractivity contribution >= 4 is 23.8 Å². The van der Waals surface area contributed by atoms with E-state index >= 15 is 0 Å². The summed E-state index contributed by atoms with van der Waals surface area (Å²) in [5, 5.41) is 12.8. The lowest BCUT2D eigenvalue weighted by atomic mass is 9.93. The highest BCUT2D eigenvalue weighted by atomic mass is 16.6. The second-order valence-corrected chi connectivity index (χ2v) is 3.96. The van der Waals surface area contributed by atoms with Gasteiger partial charge < -0.3 is 14.8 Å². The minimum absolute atomic E-state index is 0.0563. The van der Waals surface area contributed by atoms with Crippen molar-refractivity contribution in [2.45, 2.75) is 25.8 Å². The third-order valence-electron chi connectivity index (χ3n) is 2.70. The Balaban J connectivity index is 2.42. The monoisotopic (exact) mass is 283 g/mol. The molecule has 1 aliphatic heterocycles. The van der Waals surface area contributed by atoms with Gasteiger partial charge in [-0.1, -0.05) is 5.10 Å². The molecule has 108 valence electrons. The van der Waals surface area contributed by atoms with E-state index in [1.807, 2.05) is 0 Å². The molecule has 2 heterocycles. The number of hydrogen-bond donors (Lipinski definition) is 1. The summed E-state index contributed by atoms with van der Waals surface area (Å²) in [5.41, 5.74) is -1.95. The first-order valence-corrected chi connectivity index (χ1v) is 5.99. The quantitative estimate of drug-likeness (QED) is 0.420. The number of aromatic nitrogens is 4. The number of ether oxygens (including phenoxy) is 2. The molecule has 0 aromatic carbocycles. The zero-order valence-corrected chi connectivity index (χ0v) is 11.0. The van der Waals surface area contributed by atoms with E-state index in [1.165, 1.54) is 0 Å². The van der Waals surface area contributed by atoms with Crippen LogP contribution in [0.2, 0.25) is 0 Å². The molecule has 0 atom stereocenters. The van der Waals surface area contributed by atoms with Gasteiger partial charge in [0.2, 0.25) is 5.54 Å². The van der Waals surface area contributed by atoms with Crippen molar-refractivity contribution < 1.29 is 23.9 Å². The van der Waals surface area contributed by atoms with Crippen LogP contribution >= 0.6 is 0 Å². The van der Waals surface area contributed by atoms with Gasteiger partial charge in [-0.05, 0) is 24.3 Å². The van der Waals surface area contributed by atoms with E-state index in [4.69, 9.17) is 9.47 Å².